The van der Waals surface area contributed by atoms with E-state index in [1.807, 2.05) is 0 Å². The third kappa shape index (κ3) is 2.94. The first-order chi connectivity index (χ1) is 10.0. The first-order valence-corrected chi connectivity index (χ1v) is 7.81. The molecule has 21 heavy (non-hydrogen) atoms. The summed E-state index contributed by atoms with van der Waals surface area (Å²) in [4.78, 5) is 25.1. The summed E-state index contributed by atoms with van der Waals surface area (Å²) in [6.45, 7) is 3.10. The van der Waals surface area contributed by atoms with E-state index in [1.165, 1.54) is 12.1 Å². The topological polar surface area (TPSA) is 75.5 Å². The van der Waals surface area contributed by atoms with Crippen molar-refractivity contribution in [3.63, 3.8) is 0 Å². The Bertz CT molecular complexity index is 585. The summed E-state index contributed by atoms with van der Waals surface area (Å²) in [5.41, 5.74) is 0.248. The number of amides is 1. The minimum Gasteiger partial charge on any atom is -0.348 e. The van der Waals surface area contributed by atoms with E-state index in [2.05, 4.69) is 26.1 Å². The average molecular weight is 354 g/mol. The Balaban J connectivity index is 1.76. The normalized spacial score (nSPS) is 27.4. The van der Waals surface area contributed by atoms with E-state index in [0.29, 0.717) is 16.0 Å². The van der Waals surface area contributed by atoms with Crippen LogP contribution in [0.1, 0.15) is 23.2 Å². The number of nitro groups is 1. The molecule has 7 heteroatoms. The lowest BCUT2D eigenvalue weighted by atomic mass is 9.84. The Morgan fingerprint density at radius 1 is 1.38 bits per heavy atom. The van der Waals surface area contributed by atoms with E-state index in [1.54, 1.807) is 6.07 Å². The number of non-ortho nitro benzene ring substituents is 1. The number of carbonyl (C=O) groups is 1. The molecule has 3 aliphatic heterocycles. The largest absolute Gasteiger partial charge is 0.348 e. The molecule has 3 aliphatic rings. The Morgan fingerprint density at radius 3 is 2.67 bits per heavy atom. The number of carbonyl (C=O) groups excluding carboxylic acids is 1. The molecular formula is C14H16BrN3O3. The van der Waals surface area contributed by atoms with Gasteiger partial charge in [0.25, 0.3) is 11.6 Å². The molecule has 1 aromatic rings. The Morgan fingerprint density at radius 2 is 2.10 bits per heavy atom. The first kappa shape index (κ1) is 14.5. The minimum absolute atomic E-state index is 0.0720. The number of hydrogen-bond acceptors (Lipinski definition) is 4. The van der Waals surface area contributed by atoms with Crippen molar-refractivity contribution in [2.24, 2.45) is 5.92 Å². The van der Waals surface area contributed by atoms with Crippen LogP contribution in [0.15, 0.2) is 22.7 Å². The lowest BCUT2D eigenvalue weighted by Crippen LogP contribution is -2.57. The predicted octanol–water partition coefficient (Wildman–Crippen LogP) is 2.18. The molecule has 1 atom stereocenters. The number of benzene rings is 1. The maximum absolute atomic E-state index is 12.4. The lowest BCUT2D eigenvalue weighted by Gasteiger charge is -2.44. The molecule has 0 spiro atoms. The van der Waals surface area contributed by atoms with Gasteiger partial charge < -0.3 is 10.2 Å². The molecule has 2 bridgehead atoms. The minimum atomic E-state index is -0.489. The number of nitrogens with zero attached hydrogens (tertiary/aromatic N) is 2. The van der Waals surface area contributed by atoms with Gasteiger partial charge >= 0.3 is 0 Å². The zero-order chi connectivity index (χ0) is 15.0. The Labute approximate surface area is 130 Å². The molecule has 0 aromatic heterocycles. The van der Waals surface area contributed by atoms with Crippen LogP contribution >= 0.6 is 15.9 Å². The van der Waals surface area contributed by atoms with Gasteiger partial charge in [-0.15, -0.1) is 0 Å². The molecule has 1 amide bonds. The van der Waals surface area contributed by atoms with Crippen molar-refractivity contribution < 1.29 is 9.72 Å². The van der Waals surface area contributed by atoms with Crippen LogP contribution in [-0.4, -0.2) is 41.4 Å². The van der Waals surface area contributed by atoms with E-state index in [4.69, 9.17) is 0 Å². The summed E-state index contributed by atoms with van der Waals surface area (Å²) in [6.07, 6.45) is 2.22. The van der Waals surface area contributed by atoms with Crippen LogP contribution < -0.4 is 5.32 Å². The van der Waals surface area contributed by atoms with E-state index in [9.17, 15) is 14.9 Å². The molecule has 112 valence electrons. The molecule has 3 saturated heterocycles. The highest BCUT2D eigenvalue weighted by Gasteiger charge is 2.35. The standard InChI is InChI=1S/C14H16BrN3O3/c15-12-2-1-10(18(20)21)7-11(12)14(19)16-13-8-17-5-3-9(13)4-6-17/h1-2,7,9,13H,3-6,8H2,(H,16,19). The summed E-state index contributed by atoms with van der Waals surface area (Å²) < 4.78 is 0.576. The van der Waals surface area contributed by atoms with Gasteiger partial charge in [0.15, 0.2) is 0 Å². The number of fused-ring (bicyclic) bond motifs is 3. The van der Waals surface area contributed by atoms with E-state index < -0.39 is 4.92 Å². The number of hydrogen-bond donors (Lipinski definition) is 1. The van der Waals surface area contributed by atoms with Gasteiger partial charge in [-0.1, -0.05) is 0 Å². The Kier molecular flexibility index (Phi) is 3.95. The van der Waals surface area contributed by atoms with Crippen molar-refractivity contribution in [3.8, 4) is 0 Å². The van der Waals surface area contributed by atoms with E-state index in [0.717, 1.165) is 32.5 Å². The van der Waals surface area contributed by atoms with Gasteiger partial charge in [-0.3, -0.25) is 14.9 Å². The Hall–Kier alpha value is -1.47. The van der Waals surface area contributed by atoms with Crippen molar-refractivity contribution in [1.29, 1.82) is 0 Å². The first-order valence-electron chi connectivity index (χ1n) is 7.02. The van der Waals surface area contributed by atoms with Crippen LogP contribution in [0.25, 0.3) is 0 Å². The van der Waals surface area contributed by atoms with Crippen molar-refractivity contribution >= 4 is 27.5 Å². The summed E-state index contributed by atoms with van der Waals surface area (Å²) in [5.74, 6) is 0.278. The smallest absolute Gasteiger partial charge is 0.270 e. The van der Waals surface area contributed by atoms with Crippen LogP contribution in [-0.2, 0) is 0 Å². The molecule has 1 unspecified atom stereocenters. The van der Waals surface area contributed by atoms with Crippen LogP contribution in [0.3, 0.4) is 0 Å². The average Bonchev–Trinajstić information content (AvgIpc) is 2.48. The second-order valence-electron chi connectivity index (χ2n) is 5.64. The SMILES string of the molecule is O=C(NC1CN2CCC1CC2)c1cc([N+](=O)[O-])ccc1Br. The zero-order valence-electron chi connectivity index (χ0n) is 11.4. The molecule has 1 aromatic carbocycles. The molecular weight excluding hydrogens is 338 g/mol. The molecule has 3 heterocycles. The number of rotatable bonds is 3. The summed E-state index contributed by atoms with van der Waals surface area (Å²) in [7, 11) is 0. The van der Waals surface area contributed by atoms with Crippen molar-refractivity contribution in [3.05, 3.63) is 38.3 Å². The zero-order valence-corrected chi connectivity index (χ0v) is 13.0. The van der Waals surface area contributed by atoms with Gasteiger partial charge in [0.05, 0.1) is 10.5 Å². The number of nitrogens with one attached hydrogen (secondary N) is 1. The van der Waals surface area contributed by atoms with Crippen LogP contribution in [0.2, 0.25) is 0 Å². The molecule has 4 rings (SSSR count). The van der Waals surface area contributed by atoms with Gasteiger partial charge in [-0.25, -0.2) is 0 Å². The van der Waals surface area contributed by atoms with Crippen molar-refractivity contribution in [2.75, 3.05) is 19.6 Å². The highest BCUT2D eigenvalue weighted by Crippen LogP contribution is 2.28. The fraction of sp³-hybridized carbons (Fsp3) is 0.500. The highest BCUT2D eigenvalue weighted by atomic mass is 79.9. The van der Waals surface area contributed by atoms with Crippen molar-refractivity contribution in [1.82, 2.24) is 10.2 Å². The molecule has 0 aliphatic carbocycles. The quantitative estimate of drug-likeness (QED) is 0.667. The van der Waals surface area contributed by atoms with Gasteiger partial charge in [-0.2, -0.15) is 0 Å². The maximum atomic E-state index is 12.4. The molecule has 0 radical (unpaired) electrons. The highest BCUT2D eigenvalue weighted by molar-refractivity contribution is 9.10. The number of nitro benzene ring substituents is 1. The maximum Gasteiger partial charge on any atom is 0.270 e. The van der Waals surface area contributed by atoms with Crippen LogP contribution in [0, 0.1) is 16.0 Å². The van der Waals surface area contributed by atoms with Gasteiger partial charge in [0.1, 0.15) is 0 Å². The number of piperidine rings is 3. The van der Waals surface area contributed by atoms with Gasteiger partial charge in [-0.05, 0) is 53.8 Å². The second kappa shape index (κ2) is 5.73. The fourth-order valence-electron chi connectivity index (χ4n) is 3.18. The summed E-state index contributed by atoms with van der Waals surface area (Å²) in [6, 6.07) is 4.39. The second-order valence-corrected chi connectivity index (χ2v) is 6.49. The fourth-order valence-corrected chi connectivity index (χ4v) is 3.60. The van der Waals surface area contributed by atoms with E-state index in [-0.39, 0.29) is 17.6 Å². The molecule has 0 saturated carbocycles. The van der Waals surface area contributed by atoms with Gasteiger partial charge in [0.2, 0.25) is 0 Å². The van der Waals surface area contributed by atoms with Crippen molar-refractivity contribution in [2.45, 2.75) is 18.9 Å². The van der Waals surface area contributed by atoms with Crippen LogP contribution in [0.5, 0.6) is 0 Å². The lowest BCUT2D eigenvalue weighted by molar-refractivity contribution is -0.384. The van der Waals surface area contributed by atoms with Crippen LogP contribution in [0.4, 0.5) is 5.69 Å². The molecule has 3 fully saturated rings. The van der Waals surface area contributed by atoms with Gasteiger partial charge in [0, 0.05) is 29.2 Å². The third-order valence-electron chi connectivity index (χ3n) is 4.38. The predicted molar refractivity (Wildman–Crippen MR) is 81.2 cm³/mol. The number of halogens is 1. The summed E-state index contributed by atoms with van der Waals surface area (Å²) >= 11 is 3.29. The molecule has 6 nitrogen and oxygen atoms in total. The third-order valence-corrected chi connectivity index (χ3v) is 5.07. The van der Waals surface area contributed by atoms with E-state index >= 15 is 0 Å². The summed E-state index contributed by atoms with van der Waals surface area (Å²) in [5, 5.41) is 13.9. The molecule has 1 N–H and O–H groups in total. The monoisotopic (exact) mass is 353 g/mol.